The lowest BCUT2D eigenvalue weighted by atomic mass is 9.85. The Kier molecular flexibility index (Phi) is 5.24. The third kappa shape index (κ3) is 4.69. The molecule has 0 aromatic carbocycles. The molecule has 0 aromatic rings. The fraction of sp³-hybridized carbons (Fsp3) is 0.889. The average Bonchev–Trinajstić information content (AvgIpc) is 3.23. The van der Waals surface area contributed by atoms with Gasteiger partial charge in [0.1, 0.15) is 0 Å². The molecule has 1 heterocycles. The highest BCUT2D eigenvalue weighted by Crippen LogP contribution is 2.32. The molecule has 1 aliphatic heterocycles. The summed E-state index contributed by atoms with van der Waals surface area (Å²) in [7, 11) is 4.25. The summed E-state index contributed by atoms with van der Waals surface area (Å²) in [5.74, 6) is 1.62. The first-order valence-electron chi connectivity index (χ1n) is 9.24. The Labute approximate surface area is 139 Å². The Morgan fingerprint density at radius 1 is 1.13 bits per heavy atom. The van der Waals surface area contributed by atoms with Crippen LogP contribution in [0.1, 0.15) is 44.9 Å². The third-order valence-electron chi connectivity index (χ3n) is 5.58. The maximum Gasteiger partial charge on any atom is 0.225 e. The topological polar surface area (TPSA) is 52.7 Å². The van der Waals surface area contributed by atoms with Crippen LogP contribution in [0, 0.1) is 17.8 Å². The van der Waals surface area contributed by atoms with Crippen LogP contribution in [-0.4, -0.2) is 61.4 Å². The van der Waals surface area contributed by atoms with E-state index in [1.54, 1.807) is 0 Å². The maximum absolute atomic E-state index is 12.5. The van der Waals surface area contributed by atoms with E-state index in [1.165, 1.54) is 25.7 Å². The van der Waals surface area contributed by atoms with Crippen molar-refractivity contribution in [1.29, 1.82) is 0 Å². The number of rotatable bonds is 6. The number of hydrogen-bond donors (Lipinski definition) is 1. The molecule has 2 saturated carbocycles. The van der Waals surface area contributed by atoms with Gasteiger partial charge in [-0.05, 0) is 64.5 Å². The number of hydrogen-bond acceptors (Lipinski definition) is 3. The smallest absolute Gasteiger partial charge is 0.225 e. The molecule has 3 fully saturated rings. The Morgan fingerprint density at radius 3 is 2.39 bits per heavy atom. The van der Waals surface area contributed by atoms with Crippen molar-refractivity contribution in [1.82, 2.24) is 15.1 Å². The molecular formula is C18H31N3O2. The van der Waals surface area contributed by atoms with Crippen LogP contribution in [0.5, 0.6) is 0 Å². The molecule has 130 valence electrons. The van der Waals surface area contributed by atoms with Crippen molar-refractivity contribution >= 4 is 11.8 Å². The third-order valence-corrected chi connectivity index (χ3v) is 5.58. The van der Waals surface area contributed by atoms with E-state index in [0.717, 1.165) is 31.8 Å². The second kappa shape index (κ2) is 7.20. The van der Waals surface area contributed by atoms with Gasteiger partial charge in [-0.1, -0.05) is 0 Å². The first kappa shape index (κ1) is 16.7. The first-order chi connectivity index (χ1) is 11.0. The molecule has 0 aromatic heterocycles. The summed E-state index contributed by atoms with van der Waals surface area (Å²) in [6.45, 7) is 2.66. The van der Waals surface area contributed by atoms with E-state index in [4.69, 9.17) is 0 Å². The quantitative estimate of drug-likeness (QED) is 0.806. The Morgan fingerprint density at radius 2 is 1.78 bits per heavy atom. The Hall–Kier alpha value is -1.10. The van der Waals surface area contributed by atoms with Crippen LogP contribution in [-0.2, 0) is 9.59 Å². The molecule has 0 radical (unpaired) electrons. The van der Waals surface area contributed by atoms with Crippen LogP contribution in [0.15, 0.2) is 0 Å². The predicted molar refractivity (Wildman–Crippen MR) is 89.9 cm³/mol. The van der Waals surface area contributed by atoms with E-state index in [9.17, 15) is 9.59 Å². The van der Waals surface area contributed by atoms with E-state index >= 15 is 0 Å². The van der Waals surface area contributed by atoms with Gasteiger partial charge >= 0.3 is 0 Å². The molecule has 1 saturated heterocycles. The van der Waals surface area contributed by atoms with Crippen molar-refractivity contribution in [3.63, 3.8) is 0 Å². The van der Waals surface area contributed by atoms with E-state index in [0.29, 0.717) is 24.9 Å². The summed E-state index contributed by atoms with van der Waals surface area (Å²) >= 11 is 0. The van der Waals surface area contributed by atoms with Crippen LogP contribution in [0.3, 0.4) is 0 Å². The van der Waals surface area contributed by atoms with E-state index in [2.05, 4.69) is 24.3 Å². The number of carbonyl (C=O) groups excluding carboxylic acids is 2. The molecule has 1 N–H and O–H groups in total. The van der Waals surface area contributed by atoms with Crippen molar-refractivity contribution in [3.05, 3.63) is 0 Å². The zero-order valence-corrected chi connectivity index (χ0v) is 14.6. The summed E-state index contributed by atoms with van der Waals surface area (Å²) in [6, 6.07) is 0.313. The van der Waals surface area contributed by atoms with Crippen molar-refractivity contribution < 1.29 is 9.59 Å². The lowest BCUT2D eigenvalue weighted by Gasteiger charge is -2.31. The van der Waals surface area contributed by atoms with Crippen molar-refractivity contribution in [2.45, 2.75) is 51.0 Å². The minimum absolute atomic E-state index is 0.104. The van der Waals surface area contributed by atoms with Crippen molar-refractivity contribution in [2.24, 2.45) is 17.8 Å². The van der Waals surface area contributed by atoms with Gasteiger partial charge in [-0.3, -0.25) is 9.59 Å². The first-order valence-corrected chi connectivity index (χ1v) is 9.24. The normalized spacial score (nSPS) is 31.7. The highest BCUT2D eigenvalue weighted by atomic mass is 16.2. The number of amides is 2. The highest BCUT2D eigenvalue weighted by Gasteiger charge is 2.37. The second-order valence-corrected chi connectivity index (χ2v) is 8.13. The fourth-order valence-corrected chi connectivity index (χ4v) is 4.06. The SMILES string of the molecule is CN(C)CC1CCC(NC(=O)C2CC(=O)N(CC3CC3)C2)CC1. The second-order valence-electron chi connectivity index (χ2n) is 8.13. The molecule has 3 rings (SSSR count). The molecule has 2 amide bonds. The summed E-state index contributed by atoms with van der Waals surface area (Å²) in [5.41, 5.74) is 0. The van der Waals surface area contributed by atoms with Crippen molar-refractivity contribution in [2.75, 3.05) is 33.7 Å². The van der Waals surface area contributed by atoms with Crippen LogP contribution < -0.4 is 5.32 Å². The predicted octanol–water partition coefficient (Wildman–Crippen LogP) is 1.48. The van der Waals surface area contributed by atoms with Gasteiger partial charge < -0.3 is 15.1 Å². The number of nitrogens with zero attached hydrogens (tertiary/aromatic N) is 2. The maximum atomic E-state index is 12.5. The van der Waals surface area contributed by atoms with E-state index in [-0.39, 0.29) is 17.7 Å². The number of carbonyl (C=O) groups is 2. The van der Waals surface area contributed by atoms with Gasteiger partial charge in [0, 0.05) is 32.1 Å². The lowest BCUT2D eigenvalue weighted by Crippen LogP contribution is -2.42. The van der Waals surface area contributed by atoms with Crippen LogP contribution >= 0.6 is 0 Å². The summed E-state index contributed by atoms with van der Waals surface area (Å²) in [5, 5.41) is 3.21. The molecule has 5 nitrogen and oxygen atoms in total. The zero-order valence-electron chi connectivity index (χ0n) is 14.6. The van der Waals surface area contributed by atoms with Crippen molar-refractivity contribution in [3.8, 4) is 0 Å². The molecule has 1 atom stereocenters. The number of likely N-dealkylation sites (tertiary alicyclic amines) is 1. The zero-order chi connectivity index (χ0) is 16.4. The van der Waals surface area contributed by atoms with Gasteiger partial charge in [0.15, 0.2) is 0 Å². The summed E-state index contributed by atoms with van der Waals surface area (Å²) in [4.78, 5) is 28.7. The van der Waals surface area contributed by atoms with Gasteiger partial charge in [-0.15, -0.1) is 0 Å². The van der Waals surface area contributed by atoms with Crippen LogP contribution in [0.4, 0.5) is 0 Å². The van der Waals surface area contributed by atoms with Crippen LogP contribution in [0.2, 0.25) is 0 Å². The highest BCUT2D eigenvalue weighted by molar-refractivity contribution is 5.89. The minimum atomic E-state index is -0.124. The van der Waals surface area contributed by atoms with E-state index < -0.39 is 0 Å². The molecule has 23 heavy (non-hydrogen) atoms. The lowest BCUT2D eigenvalue weighted by molar-refractivity contribution is -0.129. The minimum Gasteiger partial charge on any atom is -0.353 e. The largest absolute Gasteiger partial charge is 0.353 e. The molecule has 1 unspecified atom stereocenters. The molecule has 5 heteroatoms. The van der Waals surface area contributed by atoms with Crippen LogP contribution in [0.25, 0.3) is 0 Å². The summed E-state index contributed by atoms with van der Waals surface area (Å²) < 4.78 is 0. The van der Waals surface area contributed by atoms with E-state index in [1.807, 2.05) is 4.90 Å². The molecular weight excluding hydrogens is 290 g/mol. The monoisotopic (exact) mass is 321 g/mol. The molecule has 3 aliphatic rings. The molecule has 2 aliphatic carbocycles. The Bertz CT molecular complexity index is 440. The standard InChI is InChI=1S/C18H31N3O2/c1-20(2)10-13-5-7-16(8-6-13)19-18(23)15-9-17(22)21(12-15)11-14-3-4-14/h13-16H,3-12H2,1-2H3,(H,19,23). The van der Waals surface area contributed by atoms with Gasteiger partial charge in [-0.2, -0.15) is 0 Å². The summed E-state index contributed by atoms with van der Waals surface area (Å²) in [6.07, 6.45) is 7.46. The molecule has 0 spiro atoms. The van der Waals surface area contributed by atoms with Gasteiger partial charge in [0.25, 0.3) is 0 Å². The number of nitrogens with one attached hydrogen (secondary N) is 1. The van der Waals surface area contributed by atoms with Gasteiger partial charge in [0.2, 0.25) is 11.8 Å². The fourth-order valence-electron chi connectivity index (χ4n) is 4.06. The molecule has 0 bridgehead atoms. The Balaban J connectivity index is 1.40. The average molecular weight is 321 g/mol. The van der Waals surface area contributed by atoms with Gasteiger partial charge in [-0.25, -0.2) is 0 Å². The van der Waals surface area contributed by atoms with Gasteiger partial charge in [0.05, 0.1) is 5.92 Å².